The molecule has 0 heterocycles. The van der Waals surface area contributed by atoms with Crippen LogP contribution in [0.1, 0.15) is 24.2 Å². The molecule has 17 heavy (non-hydrogen) atoms. The van der Waals surface area contributed by atoms with Gasteiger partial charge in [0.15, 0.2) is 0 Å². The summed E-state index contributed by atoms with van der Waals surface area (Å²) in [6.07, 6.45) is 0. The van der Waals surface area contributed by atoms with Crippen molar-refractivity contribution < 1.29 is 4.79 Å². The highest BCUT2D eigenvalue weighted by Crippen LogP contribution is 2.09. The van der Waals surface area contributed by atoms with Crippen molar-refractivity contribution in [3.8, 4) is 0 Å². The zero-order valence-corrected chi connectivity index (χ0v) is 11.5. The normalized spacial score (nSPS) is 11.8. The fourth-order valence-corrected chi connectivity index (χ4v) is 1.28. The third kappa shape index (κ3) is 5.39. The van der Waals surface area contributed by atoms with E-state index in [9.17, 15) is 4.79 Å². The summed E-state index contributed by atoms with van der Waals surface area (Å²) >= 11 is 5.73. The number of carbonyl (C=O) groups excluding carboxylic acids is 1. The minimum Gasteiger partial charge on any atom is -0.350 e. The van der Waals surface area contributed by atoms with Crippen molar-refractivity contribution in [1.82, 2.24) is 5.32 Å². The van der Waals surface area contributed by atoms with Gasteiger partial charge in [-0.1, -0.05) is 25.4 Å². The van der Waals surface area contributed by atoms with Gasteiger partial charge >= 0.3 is 0 Å². The summed E-state index contributed by atoms with van der Waals surface area (Å²) in [5.74, 6) is 0.235. The molecule has 0 spiro atoms. The Kier molecular flexibility index (Phi) is 7.19. The van der Waals surface area contributed by atoms with Crippen molar-refractivity contribution in [2.45, 2.75) is 19.9 Å². The average molecular weight is 277 g/mol. The monoisotopic (exact) mass is 276 g/mol. The van der Waals surface area contributed by atoms with Gasteiger partial charge in [0.05, 0.1) is 0 Å². The highest BCUT2D eigenvalue weighted by atomic mass is 35.5. The Balaban J connectivity index is 0.00000256. The van der Waals surface area contributed by atoms with Crippen LogP contribution in [0.2, 0.25) is 5.02 Å². The van der Waals surface area contributed by atoms with Gasteiger partial charge in [-0.2, -0.15) is 0 Å². The maximum absolute atomic E-state index is 11.7. The molecule has 0 aliphatic heterocycles. The van der Waals surface area contributed by atoms with Crippen LogP contribution < -0.4 is 11.1 Å². The molecule has 1 atom stereocenters. The van der Waals surface area contributed by atoms with E-state index in [4.69, 9.17) is 17.3 Å². The van der Waals surface area contributed by atoms with Gasteiger partial charge in [-0.25, -0.2) is 0 Å². The highest BCUT2D eigenvalue weighted by molar-refractivity contribution is 6.30. The summed E-state index contributed by atoms with van der Waals surface area (Å²) in [6, 6.07) is 6.76. The second-order valence-electron chi connectivity index (χ2n) is 4.12. The topological polar surface area (TPSA) is 55.1 Å². The van der Waals surface area contributed by atoms with Gasteiger partial charge in [0.2, 0.25) is 0 Å². The number of hydrogen-bond acceptors (Lipinski definition) is 2. The number of rotatable bonds is 4. The smallest absolute Gasteiger partial charge is 0.251 e. The molecule has 1 amide bonds. The first-order chi connectivity index (χ1) is 7.50. The SMILES string of the molecule is CC(C)[C@H](N)CNC(=O)c1ccc(Cl)cc1.Cl. The first kappa shape index (κ1) is 16.2. The lowest BCUT2D eigenvalue weighted by atomic mass is 10.1. The zero-order valence-electron chi connectivity index (χ0n) is 9.94. The van der Waals surface area contributed by atoms with Crippen molar-refractivity contribution in [1.29, 1.82) is 0 Å². The van der Waals surface area contributed by atoms with Crippen molar-refractivity contribution in [2.75, 3.05) is 6.54 Å². The first-order valence-corrected chi connectivity index (χ1v) is 5.68. The van der Waals surface area contributed by atoms with Crippen LogP contribution in [0.5, 0.6) is 0 Å². The molecule has 1 aromatic rings. The summed E-state index contributed by atoms with van der Waals surface area (Å²) in [4.78, 5) is 11.7. The minimum atomic E-state index is -0.118. The molecule has 5 heteroatoms. The molecule has 0 fully saturated rings. The van der Waals surface area contributed by atoms with E-state index in [-0.39, 0.29) is 24.4 Å². The third-order valence-electron chi connectivity index (χ3n) is 2.46. The van der Waals surface area contributed by atoms with Crippen LogP contribution >= 0.6 is 24.0 Å². The van der Waals surface area contributed by atoms with Crippen molar-refractivity contribution in [2.24, 2.45) is 11.7 Å². The molecule has 1 aromatic carbocycles. The Morgan fingerprint density at radius 2 is 1.88 bits per heavy atom. The van der Waals surface area contributed by atoms with Crippen LogP contribution in [0.4, 0.5) is 0 Å². The van der Waals surface area contributed by atoms with Crippen LogP contribution in [0, 0.1) is 5.92 Å². The van der Waals surface area contributed by atoms with Gasteiger partial charge in [0, 0.05) is 23.2 Å². The molecule has 0 aliphatic rings. The van der Waals surface area contributed by atoms with Gasteiger partial charge in [-0.3, -0.25) is 4.79 Å². The number of halogens is 2. The summed E-state index contributed by atoms with van der Waals surface area (Å²) in [5.41, 5.74) is 6.43. The predicted octanol–water partition coefficient (Wildman–Crippen LogP) is 2.47. The van der Waals surface area contributed by atoms with E-state index in [0.29, 0.717) is 23.0 Å². The third-order valence-corrected chi connectivity index (χ3v) is 2.71. The van der Waals surface area contributed by atoms with Crippen LogP contribution in [0.15, 0.2) is 24.3 Å². The van der Waals surface area contributed by atoms with Crippen LogP contribution in [0.3, 0.4) is 0 Å². The largest absolute Gasteiger partial charge is 0.350 e. The van der Waals surface area contributed by atoms with Gasteiger partial charge in [-0.05, 0) is 30.2 Å². The lowest BCUT2D eigenvalue weighted by Crippen LogP contribution is -2.40. The maximum atomic E-state index is 11.7. The molecule has 1 rings (SSSR count). The van der Waals surface area contributed by atoms with E-state index in [1.165, 1.54) is 0 Å². The number of carbonyl (C=O) groups is 1. The van der Waals surface area contributed by atoms with Crippen molar-refractivity contribution >= 4 is 29.9 Å². The van der Waals surface area contributed by atoms with E-state index >= 15 is 0 Å². The van der Waals surface area contributed by atoms with Crippen LogP contribution in [-0.4, -0.2) is 18.5 Å². The van der Waals surface area contributed by atoms with E-state index < -0.39 is 0 Å². The summed E-state index contributed by atoms with van der Waals surface area (Å²) in [7, 11) is 0. The molecule has 96 valence electrons. The lowest BCUT2D eigenvalue weighted by Gasteiger charge is -2.16. The Bertz CT molecular complexity index is 352. The predicted molar refractivity (Wildman–Crippen MR) is 73.8 cm³/mol. The maximum Gasteiger partial charge on any atom is 0.251 e. The zero-order chi connectivity index (χ0) is 12.1. The van der Waals surface area contributed by atoms with E-state index in [1.54, 1.807) is 24.3 Å². The van der Waals surface area contributed by atoms with E-state index in [2.05, 4.69) is 5.32 Å². The molecule has 0 radical (unpaired) electrons. The summed E-state index contributed by atoms with van der Waals surface area (Å²) in [6.45, 7) is 4.54. The minimum absolute atomic E-state index is 0. The number of nitrogens with two attached hydrogens (primary N) is 1. The fraction of sp³-hybridized carbons (Fsp3) is 0.417. The Hall–Kier alpha value is -0.770. The second-order valence-corrected chi connectivity index (χ2v) is 4.56. The molecule has 0 aliphatic carbocycles. The number of nitrogens with one attached hydrogen (secondary N) is 1. The molecular weight excluding hydrogens is 259 g/mol. The number of benzene rings is 1. The Morgan fingerprint density at radius 3 is 2.35 bits per heavy atom. The number of hydrogen-bond donors (Lipinski definition) is 2. The molecule has 3 N–H and O–H groups in total. The molecular formula is C12H18Cl2N2O. The molecule has 0 aromatic heterocycles. The number of amides is 1. The molecule has 0 unspecified atom stereocenters. The van der Waals surface area contributed by atoms with Gasteiger partial charge < -0.3 is 11.1 Å². The van der Waals surface area contributed by atoms with Gasteiger partial charge in [-0.15, -0.1) is 12.4 Å². The highest BCUT2D eigenvalue weighted by Gasteiger charge is 2.10. The van der Waals surface area contributed by atoms with Crippen LogP contribution in [-0.2, 0) is 0 Å². The first-order valence-electron chi connectivity index (χ1n) is 5.30. The van der Waals surface area contributed by atoms with Gasteiger partial charge in [0.25, 0.3) is 5.91 Å². The Morgan fingerprint density at radius 1 is 1.35 bits per heavy atom. The molecule has 0 saturated carbocycles. The van der Waals surface area contributed by atoms with Gasteiger partial charge in [0.1, 0.15) is 0 Å². The summed E-state index contributed by atoms with van der Waals surface area (Å²) < 4.78 is 0. The average Bonchev–Trinajstić information content (AvgIpc) is 2.26. The van der Waals surface area contributed by atoms with E-state index in [0.717, 1.165) is 0 Å². The van der Waals surface area contributed by atoms with E-state index in [1.807, 2.05) is 13.8 Å². The quantitative estimate of drug-likeness (QED) is 0.888. The standard InChI is InChI=1S/C12H17ClN2O.ClH/c1-8(2)11(14)7-15-12(16)9-3-5-10(13)6-4-9;/h3-6,8,11H,7,14H2,1-2H3,(H,15,16);1H/t11-;/m1./s1. The van der Waals surface area contributed by atoms with Crippen molar-refractivity contribution in [3.63, 3.8) is 0 Å². The lowest BCUT2D eigenvalue weighted by molar-refractivity contribution is 0.0949. The summed E-state index contributed by atoms with van der Waals surface area (Å²) in [5, 5.41) is 3.41. The molecule has 0 saturated heterocycles. The van der Waals surface area contributed by atoms with Crippen molar-refractivity contribution in [3.05, 3.63) is 34.9 Å². The Labute approximate surface area is 113 Å². The second kappa shape index (κ2) is 7.54. The fourth-order valence-electron chi connectivity index (χ4n) is 1.15. The molecule has 0 bridgehead atoms. The molecule has 3 nitrogen and oxygen atoms in total. The van der Waals surface area contributed by atoms with Crippen LogP contribution in [0.25, 0.3) is 0 Å².